The van der Waals surface area contributed by atoms with E-state index in [-0.39, 0.29) is 18.2 Å². The molecule has 0 aromatic rings. The van der Waals surface area contributed by atoms with E-state index in [2.05, 4.69) is 10.1 Å². The molecule has 1 heterocycles. The number of hydrogen-bond acceptors (Lipinski definition) is 5. The summed E-state index contributed by atoms with van der Waals surface area (Å²) in [5.74, 6) is -2.52. The number of esters is 1. The molecule has 1 fully saturated rings. The second-order valence-corrected chi connectivity index (χ2v) is 4.07. The molecule has 1 aliphatic heterocycles. The highest BCUT2D eigenvalue weighted by Gasteiger charge is 2.28. The second-order valence-electron chi connectivity index (χ2n) is 4.07. The van der Waals surface area contributed by atoms with E-state index in [9.17, 15) is 14.4 Å². The molecule has 1 amide bonds. The molecule has 1 aliphatic rings. The first-order valence-electron chi connectivity index (χ1n) is 5.72. The molecule has 0 aromatic carbocycles. The van der Waals surface area contributed by atoms with Gasteiger partial charge in [0.2, 0.25) is 5.91 Å². The normalized spacial score (nSPS) is 17.8. The van der Waals surface area contributed by atoms with Gasteiger partial charge in [-0.25, -0.2) is 4.79 Å². The zero-order chi connectivity index (χ0) is 13.5. The fourth-order valence-electron chi connectivity index (χ4n) is 1.70. The van der Waals surface area contributed by atoms with Crippen molar-refractivity contribution in [3.8, 4) is 0 Å². The first-order valence-corrected chi connectivity index (χ1v) is 5.72. The minimum absolute atomic E-state index is 0.252. The molecule has 0 spiro atoms. The lowest BCUT2D eigenvalue weighted by molar-refractivity contribution is -0.149. The van der Waals surface area contributed by atoms with Crippen LogP contribution in [0, 0.1) is 5.92 Å². The van der Waals surface area contributed by atoms with Crippen LogP contribution in [0.25, 0.3) is 0 Å². The van der Waals surface area contributed by atoms with Crippen molar-refractivity contribution in [2.75, 3.05) is 20.3 Å². The number of nitrogens with one attached hydrogen (secondary N) is 1. The number of hydrogen-bond donors (Lipinski definition) is 2. The average molecular weight is 259 g/mol. The van der Waals surface area contributed by atoms with Crippen LogP contribution in [-0.2, 0) is 23.9 Å². The van der Waals surface area contributed by atoms with E-state index in [0.717, 1.165) is 0 Å². The van der Waals surface area contributed by atoms with Crippen LogP contribution in [0.1, 0.15) is 19.3 Å². The zero-order valence-electron chi connectivity index (χ0n) is 10.2. The molecule has 0 aliphatic carbocycles. The largest absolute Gasteiger partial charge is 0.480 e. The van der Waals surface area contributed by atoms with Gasteiger partial charge in [-0.2, -0.15) is 0 Å². The number of methoxy groups -OCH3 is 1. The lowest BCUT2D eigenvalue weighted by Gasteiger charge is -2.23. The lowest BCUT2D eigenvalue weighted by Crippen LogP contribution is -2.45. The van der Waals surface area contributed by atoms with Crippen molar-refractivity contribution >= 4 is 17.8 Å². The van der Waals surface area contributed by atoms with E-state index in [4.69, 9.17) is 9.84 Å². The van der Waals surface area contributed by atoms with Gasteiger partial charge in [-0.15, -0.1) is 0 Å². The van der Waals surface area contributed by atoms with Gasteiger partial charge in [0.05, 0.1) is 13.5 Å². The van der Waals surface area contributed by atoms with Crippen molar-refractivity contribution in [1.82, 2.24) is 5.32 Å². The van der Waals surface area contributed by atoms with Crippen molar-refractivity contribution < 1.29 is 29.0 Å². The monoisotopic (exact) mass is 259 g/mol. The molecule has 1 atom stereocenters. The van der Waals surface area contributed by atoms with Crippen molar-refractivity contribution in [1.29, 1.82) is 0 Å². The minimum atomic E-state index is -1.25. The SMILES string of the molecule is COC(=O)C[C@H](NC(=O)C1CCOCC1)C(=O)O. The highest BCUT2D eigenvalue weighted by molar-refractivity contribution is 5.88. The van der Waals surface area contributed by atoms with Gasteiger partial charge in [0.15, 0.2) is 0 Å². The Morgan fingerprint density at radius 1 is 1.39 bits per heavy atom. The maximum absolute atomic E-state index is 11.8. The summed E-state index contributed by atoms with van der Waals surface area (Å²) in [6, 6.07) is -1.24. The van der Waals surface area contributed by atoms with Crippen LogP contribution in [0.2, 0.25) is 0 Å². The molecule has 1 saturated heterocycles. The van der Waals surface area contributed by atoms with Crippen molar-refractivity contribution in [2.24, 2.45) is 5.92 Å². The summed E-state index contributed by atoms with van der Waals surface area (Å²) in [5.41, 5.74) is 0. The van der Waals surface area contributed by atoms with Gasteiger partial charge < -0.3 is 19.9 Å². The smallest absolute Gasteiger partial charge is 0.326 e. The summed E-state index contributed by atoms with van der Waals surface area (Å²) in [6.07, 6.45) is 0.758. The minimum Gasteiger partial charge on any atom is -0.480 e. The lowest BCUT2D eigenvalue weighted by atomic mass is 9.99. The Morgan fingerprint density at radius 2 is 2.00 bits per heavy atom. The Labute approximate surface area is 104 Å². The van der Waals surface area contributed by atoms with Crippen LogP contribution in [0.4, 0.5) is 0 Å². The van der Waals surface area contributed by atoms with Crippen molar-refractivity contribution in [3.63, 3.8) is 0 Å². The van der Waals surface area contributed by atoms with Crippen molar-refractivity contribution in [3.05, 3.63) is 0 Å². The highest BCUT2D eigenvalue weighted by atomic mass is 16.5. The Bertz CT molecular complexity index is 323. The molecular weight excluding hydrogens is 242 g/mol. The molecule has 18 heavy (non-hydrogen) atoms. The van der Waals surface area contributed by atoms with Gasteiger partial charge in [0, 0.05) is 19.1 Å². The molecule has 0 bridgehead atoms. The summed E-state index contributed by atoms with van der Waals surface area (Å²) < 4.78 is 9.50. The summed E-state index contributed by atoms with van der Waals surface area (Å²) in [4.78, 5) is 33.8. The summed E-state index contributed by atoms with van der Waals surface area (Å²) in [7, 11) is 1.17. The predicted octanol–water partition coefficient (Wildman–Crippen LogP) is -0.454. The first kappa shape index (κ1) is 14.4. The molecular formula is C11H17NO6. The van der Waals surface area contributed by atoms with Gasteiger partial charge in [0.25, 0.3) is 0 Å². The number of carboxylic acids is 1. The quantitative estimate of drug-likeness (QED) is 0.648. The van der Waals surface area contributed by atoms with E-state index < -0.39 is 18.0 Å². The number of carboxylic acid groups (broad SMARTS) is 1. The number of carbonyl (C=O) groups is 3. The number of rotatable bonds is 5. The summed E-state index contributed by atoms with van der Waals surface area (Å²) in [6.45, 7) is 0.986. The van der Waals surface area contributed by atoms with Crippen LogP contribution in [0.5, 0.6) is 0 Å². The maximum Gasteiger partial charge on any atom is 0.326 e. The molecule has 0 radical (unpaired) electrons. The molecule has 7 nitrogen and oxygen atoms in total. The third-order valence-electron chi connectivity index (χ3n) is 2.81. The van der Waals surface area contributed by atoms with E-state index in [1.54, 1.807) is 0 Å². The Morgan fingerprint density at radius 3 is 2.50 bits per heavy atom. The van der Waals surface area contributed by atoms with Crippen LogP contribution < -0.4 is 5.32 Å². The molecule has 1 rings (SSSR count). The van der Waals surface area contributed by atoms with Crippen LogP contribution in [0.3, 0.4) is 0 Å². The zero-order valence-corrected chi connectivity index (χ0v) is 10.2. The molecule has 7 heteroatoms. The molecule has 0 unspecified atom stereocenters. The molecule has 2 N–H and O–H groups in total. The maximum atomic E-state index is 11.8. The Balaban J connectivity index is 2.51. The van der Waals surface area contributed by atoms with Crippen molar-refractivity contribution in [2.45, 2.75) is 25.3 Å². The van der Waals surface area contributed by atoms with Crippen LogP contribution in [0.15, 0.2) is 0 Å². The topological polar surface area (TPSA) is 102 Å². The standard InChI is InChI=1S/C11H17NO6/c1-17-9(13)6-8(11(15)16)12-10(14)7-2-4-18-5-3-7/h7-8H,2-6H2,1H3,(H,12,14)(H,15,16)/t8-/m0/s1. The predicted molar refractivity (Wildman–Crippen MR) is 59.7 cm³/mol. The van der Waals surface area contributed by atoms with Crippen LogP contribution >= 0.6 is 0 Å². The fraction of sp³-hybridized carbons (Fsp3) is 0.727. The third kappa shape index (κ3) is 4.33. The Kier molecular flexibility index (Phi) is 5.57. The number of amides is 1. The second kappa shape index (κ2) is 6.95. The van der Waals surface area contributed by atoms with E-state index in [1.165, 1.54) is 7.11 Å². The molecule has 0 saturated carbocycles. The molecule has 0 aromatic heterocycles. The Hall–Kier alpha value is -1.63. The van der Waals surface area contributed by atoms with E-state index >= 15 is 0 Å². The highest BCUT2D eigenvalue weighted by Crippen LogP contribution is 2.15. The summed E-state index contributed by atoms with van der Waals surface area (Å²) >= 11 is 0. The number of carbonyl (C=O) groups excluding carboxylic acids is 2. The first-order chi connectivity index (χ1) is 8.54. The molecule has 102 valence electrons. The summed E-state index contributed by atoms with van der Waals surface area (Å²) in [5, 5.41) is 11.3. The third-order valence-corrected chi connectivity index (χ3v) is 2.81. The fourth-order valence-corrected chi connectivity index (χ4v) is 1.70. The average Bonchev–Trinajstić information content (AvgIpc) is 2.38. The van der Waals surface area contributed by atoms with E-state index in [1.807, 2.05) is 0 Å². The van der Waals surface area contributed by atoms with Gasteiger partial charge in [-0.05, 0) is 12.8 Å². The van der Waals surface area contributed by atoms with Gasteiger partial charge in [-0.3, -0.25) is 9.59 Å². The number of aliphatic carboxylic acids is 1. The van der Waals surface area contributed by atoms with Gasteiger partial charge in [0.1, 0.15) is 6.04 Å². The van der Waals surface area contributed by atoms with E-state index in [0.29, 0.717) is 26.1 Å². The number of ether oxygens (including phenoxy) is 2. The van der Waals surface area contributed by atoms with Gasteiger partial charge >= 0.3 is 11.9 Å². The van der Waals surface area contributed by atoms with Crippen LogP contribution in [-0.4, -0.2) is 49.3 Å². The van der Waals surface area contributed by atoms with Gasteiger partial charge in [-0.1, -0.05) is 0 Å².